The Morgan fingerprint density at radius 2 is 1.92 bits per heavy atom. The fraction of sp³-hybridized carbons (Fsp3) is 0.273. The summed E-state index contributed by atoms with van der Waals surface area (Å²) in [7, 11) is 0. The van der Waals surface area contributed by atoms with Crippen LogP contribution in [-0.2, 0) is 0 Å². The van der Waals surface area contributed by atoms with E-state index in [1.54, 1.807) is 0 Å². The van der Waals surface area contributed by atoms with E-state index in [0.717, 1.165) is 6.54 Å². The van der Waals surface area contributed by atoms with Gasteiger partial charge in [0.25, 0.3) is 0 Å². The average Bonchev–Trinajstić information content (AvgIpc) is 2.21. The summed E-state index contributed by atoms with van der Waals surface area (Å²) < 4.78 is 0. The van der Waals surface area contributed by atoms with Crippen LogP contribution in [0, 0.1) is 0 Å². The summed E-state index contributed by atoms with van der Waals surface area (Å²) in [6, 6.07) is 10.7. The maximum atomic E-state index is 2.34. The molecule has 2 rings (SSSR count). The highest BCUT2D eigenvalue weighted by molar-refractivity contribution is 5.65. The summed E-state index contributed by atoms with van der Waals surface area (Å²) in [5.74, 6) is 0. The highest BCUT2D eigenvalue weighted by Crippen LogP contribution is 2.16. The third-order valence-corrected chi connectivity index (χ3v) is 2.29. The highest BCUT2D eigenvalue weighted by atomic mass is 14.8. The minimum Gasteiger partial charge on any atom is -0.343 e. The number of rotatable bonds is 1. The largest absolute Gasteiger partial charge is 0.343 e. The number of hydrogen-bond donors (Lipinski definition) is 1. The molecule has 0 aliphatic carbocycles. The molecule has 0 fully saturated rings. The second-order valence-corrected chi connectivity index (χ2v) is 3.16. The molecule has 1 aliphatic heterocycles. The number of quaternary nitrogens is 1. The first-order valence-electron chi connectivity index (χ1n) is 4.53. The van der Waals surface area contributed by atoms with Crippen LogP contribution in [-0.4, -0.2) is 13.1 Å². The van der Waals surface area contributed by atoms with Crippen LogP contribution < -0.4 is 5.32 Å². The van der Waals surface area contributed by atoms with Gasteiger partial charge in [-0.15, -0.1) is 0 Å². The molecule has 0 spiro atoms. The second-order valence-electron chi connectivity index (χ2n) is 3.16. The fourth-order valence-corrected chi connectivity index (χ4v) is 1.62. The lowest BCUT2D eigenvalue weighted by atomic mass is 10.0. The van der Waals surface area contributed by atoms with Crippen LogP contribution in [0.25, 0.3) is 5.57 Å². The summed E-state index contributed by atoms with van der Waals surface area (Å²) in [6.45, 7) is 2.38. The average molecular weight is 160 g/mol. The Morgan fingerprint density at radius 3 is 2.58 bits per heavy atom. The monoisotopic (exact) mass is 160 g/mol. The third-order valence-electron chi connectivity index (χ3n) is 2.29. The van der Waals surface area contributed by atoms with Gasteiger partial charge in [-0.25, -0.2) is 0 Å². The topological polar surface area (TPSA) is 16.6 Å². The number of benzene rings is 1. The molecular formula is C11H14N+. The van der Waals surface area contributed by atoms with Crippen molar-refractivity contribution in [3.8, 4) is 0 Å². The van der Waals surface area contributed by atoms with Gasteiger partial charge >= 0.3 is 0 Å². The summed E-state index contributed by atoms with van der Waals surface area (Å²) in [6.07, 6.45) is 3.54. The first-order chi connectivity index (χ1) is 5.97. The Bertz CT molecular complexity index is 274. The lowest BCUT2D eigenvalue weighted by Gasteiger charge is -2.11. The van der Waals surface area contributed by atoms with Crippen molar-refractivity contribution < 1.29 is 5.32 Å². The fourth-order valence-electron chi connectivity index (χ4n) is 1.62. The summed E-state index contributed by atoms with van der Waals surface area (Å²) in [5, 5.41) is 2.34. The molecule has 0 aromatic heterocycles. The van der Waals surface area contributed by atoms with E-state index >= 15 is 0 Å². The van der Waals surface area contributed by atoms with Gasteiger partial charge in [0.05, 0.1) is 13.1 Å². The van der Waals surface area contributed by atoms with E-state index in [2.05, 4.69) is 41.7 Å². The third kappa shape index (κ3) is 1.56. The van der Waals surface area contributed by atoms with Crippen LogP contribution >= 0.6 is 0 Å². The molecule has 0 saturated heterocycles. The molecule has 0 unspecified atom stereocenters. The molecular weight excluding hydrogens is 146 g/mol. The van der Waals surface area contributed by atoms with Gasteiger partial charge in [-0.05, 0) is 17.2 Å². The van der Waals surface area contributed by atoms with Crippen molar-refractivity contribution in [2.75, 3.05) is 13.1 Å². The van der Waals surface area contributed by atoms with Crippen LogP contribution in [0.5, 0.6) is 0 Å². The van der Waals surface area contributed by atoms with Crippen molar-refractivity contribution in [3.63, 3.8) is 0 Å². The van der Waals surface area contributed by atoms with E-state index in [9.17, 15) is 0 Å². The Hall–Kier alpha value is -1.08. The van der Waals surface area contributed by atoms with Crippen LogP contribution in [0.3, 0.4) is 0 Å². The van der Waals surface area contributed by atoms with Crippen molar-refractivity contribution in [2.24, 2.45) is 0 Å². The van der Waals surface area contributed by atoms with E-state index in [1.165, 1.54) is 24.1 Å². The zero-order valence-corrected chi connectivity index (χ0v) is 7.16. The summed E-state index contributed by atoms with van der Waals surface area (Å²) in [5.41, 5.74) is 2.91. The molecule has 1 heterocycles. The molecule has 0 atom stereocenters. The second kappa shape index (κ2) is 3.55. The molecule has 2 N–H and O–H groups in total. The predicted molar refractivity (Wildman–Crippen MR) is 50.7 cm³/mol. The molecule has 0 saturated carbocycles. The van der Waals surface area contributed by atoms with E-state index in [4.69, 9.17) is 0 Å². The summed E-state index contributed by atoms with van der Waals surface area (Å²) >= 11 is 0. The first-order valence-corrected chi connectivity index (χ1v) is 4.53. The molecule has 1 aliphatic rings. The molecule has 1 aromatic rings. The van der Waals surface area contributed by atoms with Crippen LogP contribution in [0.1, 0.15) is 12.0 Å². The van der Waals surface area contributed by atoms with Gasteiger partial charge in [-0.1, -0.05) is 30.3 Å². The molecule has 0 radical (unpaired) electrons. The maximum Gasteiger partial charge on any atom is 0.0948 e. The Labute approximate surface area is 73.1 Å². The quantitative estimate of drug-likeness (QED) is 0.632. The molecule has 0 amide bonds. The van der Waals surface area contributed by atoms with Gasteiger partial charge in [0.15, 0.2) is 0 Å². The normalized spacial score (nSPS) is 17.2. The number of nitrogens with two attached hydrogens (primary N) is 1. The predicted octanol–water partition coefficient (Wildman–Crippen LogP) is 1.04. The minimum absolute atomic E-state index is 1.14. The van der Waals surface area contributed by atoms with Crippen molar-refractivity contribution in [2.45, 2.75) is 6.42 Å². The molecule has 1 heteroatoms. The molecule has 0 bridgehead atoms. The lowest BCUT2D eigenvalue weighted by Crippen LogP contribution is -2.84. The van der Waals surface area contributed by atoms with E-state index in [0.29, 0.717) is 0 Å². The smallest absolute Gasteiger partial charge is 0.0948 e. The van der Waals surface area contributed by atoms with Crippen molar-refractivity contribution in [3.05, 3.63) is 42.0 Å². The number of hydrogen-bond acceptors (Lipinski definition) is 0. The molecule has 1 nitrogen and oxygen atoms in total. The van der Waals surface area contributed by atoms with Gasteiger partial charge in [0, 0.05) is 6.42 Å². The van der Waals surface area contributed by atoms with Crippen molar-refractivity contribution >= 4 is 5.57 Å². The molecule has 1 aromatic carbocycles. The van der Waals surface area contributed by atoms with E-state index < -0.39 is 0 Å². The minimum atomic E-state index is 1.14. The molecule has 12 heavy (non-hydrogen) atoms. The van der Waals surface area contributed by atoms with Gasteiger partial charge in [0.2, 0.25) is 0 Å². The van der Waals surface area contributed by atoms with Crippen molar-refractivity contribution in [1.29, 1.82) is 0 Å². The van der Waals surface area contributed by atoms with Crippen LogP contribution in [0.4, 0.5) is 0 Å². The van der Waals surface area contributed by atoms with E-state index in [-0.39, 0.29) is 0 Å². The highest BCUT2D eigenvalue weighted by Gasteiger charge is 2.05. The first kappa shape index (κ1) is 7.56. The van der Waals surface area contributed by atoms with Crippen LogP contribution in [0.15, 0.2) is 36.4 Å². The van der Waals surface area contributed by atoms with Gasteiger partial charge in [-0.3, -0.25) is 0 Å². The molecule has 62 valence electrons. The van der Waals surface area contributed by atoms with Crippen molar-refractivity contribution in [1.82, 2.24) is 0 Å². The van der Waals surface area contributed by atoms with Crippen LogP contribution in [0.2, 0.25) is 0 Å². The van der Waals surface area contributed by atoms with Gasteiger partial charge in [-0.2, -0.15) is 0 Å². The van der Waals surface area contributed by atoms with E-state index in [1.807, 2.05) is 0 Å². The zero-order valence-electron chi connectivity index (χ0n) is 7.16. The SMILES string of the molecule is C1=C(c2ccccc2)CC[NH2+]C1. The Kier molecular flexibility index (Phi) is 2.23. The zero-order chi connectivity index (χ0) is 8.23. The lowest BCUT2D eigenvalue weighted by molar-refractivity contribution is -0.646. The van der Waals surface area contributed by atoms with Gasteiger partial charge < -0.3 is 5.32 Å². The van der Waals surface area contributed by atoms with Gasteiger partial charge in [0.1, 0.15) is 0 Å². The Morgan fingerprint density at radius 1 is 1.08 bits per heavy atom. The Balaban J connectivity index is 2.24. The standard InChI is InChI=1S/C11H13N/c1-2-4-10(5-3-1)11-6-8-12-9-7-11/h1-6,12H,7-9H2/p+1. The summed E-state index contributed by atoms with van der Waals surface area (Å²) in [4.78, 5) is 0. The maximum absolute atomic E-state index is 2.34.